The van der Waals surface area contributed by atoms with E-state index in [0.29, 0.717) is 11.4 Å². The largest absolute Gasteiger partial charge is 0.342 e. The highest BCUT2D eigenvalue weighted by Gasteiger charge is 2.16. The van der Waals surface area contributed by atoms with Crippen LogP contribution in [0.5, 0.6) is 0 Å². The molecule has 8 heteroatoms. The smallest absolute Gasteiger partial charge is 0.251 e. The van der Waals surface area contributed by atoms with Gasteiger partial charge in [-0.25, -0.2) is 4.98 Å². The Balaban J connectivity index is 1.22. The molecule has 0 aliphatic rings. The Kier molecular flexibility index (Phi) is 5.13. The number of carbonyl (C=O) groups excluding carboxylic acids is 1. The lowest BCUT2D eigenvalue weighted by Gasteiger charge is -2.12. The number of hydrogen-bond donors (Lipinski definition) is 1. The highest BCUT2D eigenvalue weighted by atomic mass is 32.2. The first-order chi connectivity index (χ1) is 15.2. The lowest BCUT2D eigenvalue weighted by atomic mass is 10.2. The molecule has 1 N–H and O–H groups in total. The maximum atomic E-state index is 12.7. The van der Waals surface area contributed by atoms with Gasteiger partial charge in [0.2, 0.25) is 0 Å². The first kappa shape index (κ1) is 19.3. The van der Waals surface area contributed by atoms with E-state index in [1.165, 1.54) is 0 Å². The monoisotopic (exact) mass is 428 g/mol. The van der Waals surface area contributed by atoms with Crippen molar-refractivity contribution < 1.29 is 4.79 Å². The van der Waals surface area contributed by atoms with Crippen LogP contribution in [0, 0.1) is 0 Å². The van der Waals surface area contributed by atoms with E-state index < -0.39 is 0 Å². The minimum atomic E-state index is -0.269. The summed E-state index contributed by atoms with van der Waals surface area (Å²) in [5.41, 5.74) is 3.33. The predicted octanol–water partition coefficient (Wildman–Crippen LogP) is 4.16. The average Bonchev–Trinajstić information content (AvgIpc) is 3.42. The molecule has 1 unspecified atom stereocenters. The van der Waals surface area contributed by atoms with Gasteiger partial charge >= 0.3 is 0 Å². The van der Waals surface area contributed by atoms with E-state index in [0.717, 1.165) is 27.6 Å². The third kappa shape index (κ3) is 4.02. The summed E-state index contributed by atoms with van der Waals surface area (Å²) in [6, 6.07) is 19.0. The second kappa shape index (κ2) is 8.23. The fraction of sp³-hybridized carbons (Fsp3) is 0.130. The van der Waals surface area contributed by atoms with Crippen molar-refractivity contribution in [1.82, 2.24) is 29.3 Å². The molecule has 1 atom stereocenters. The second-order valence-corrected chi connectivity index (χ2v) is 8.24. The fourth-order valence-corrected chi connectivity index (χ4v) is 4.20. The Morgan fingerprint density at radius 3 is 2.58 bits per heavy atom. The van der Waals surface area contributed by atoms with Crippen LogP contribution in [0.25, 0.3) is 11.3 Å². The highest BCUT2D eigenvalue weighted by molar-refractivity contribution is 7.98. The van der Waals surface area contributed by atoms with Gasteiger partial charge in [0, 0.05) is 34.8 Å². The first-order valence-corrected chi connectivity index (χ1v) is 10.9. The number of rotatable bonds is 6. The average molecular weight is 429 g/mol. The molecule has 0 aliphatic heterocycles. The summed E-state index contributed by atoms with van der Waals surface area (Å²) in [4.78, 5) is 18.4. The molecule has 0 spiro atoms. The molecule has 0 saturated heterocycles. The van der Waals surface area contributed by atoms with E-state index in [1.54, 1.807) is 11.8 Å². The van der Waals surface area contributed by atoms with Gasteiger partial charge < -0.3 is 9.72 Å². The van der Waals surface area contributed by atoms with Crippen molar-refractivity contribution in [3.05, 3.63) is 96.3 Å². The Morgan fingerprint density at radius 1 is 1.00 bits per heavy atom. The molecule has 0 radical (unpaired) electrons. The van der Waals surface area contributed by atoms with E-state index in [-0.39, 0.29) is 11.9 Å². The van der Waals surface area contributed by atoms with Crippen LogP contribution >= 0.6 is 11.8 Å². The van der Waals surface area contributed by atoms with Crippen molar-refractivity contribution in [2.75, 3.05) is 0 Å². The van der Waals surface area contributed by atoms with Crippen LogP contribution in [0.15, 0.2) is 84.1 Å². The summed E-state index contributed by atoms with van der Waals surface area (Å²) < 4.78 is 3.90. The van der Waals surface area contributed by atoms with Crippen LogP contribution in [0.3, 0.4) is 0 Å². The molecular formula is C23H20N6OS. The number of pyridine rings is 2. The zero-order valence-electron chi connectivity index (χ0n) is 16.8. The number of carbonyl (C=O) groups is 1. The van der Waals surface area contributed by atoms with Crippen LogP contribution in [0.2, 0.25) is 0 Å². The van der Waals surface area contributed by atoms with Crippen LogP contribution in [0.4, 0.5) is 0 Å². The third-order valence-corrected chi connectivity index (χ3v) is 6.04. The van der Waals surface area contributed by atoms with E-state index in [4.69, 9.17) is 0 Å². The van der Waals surface area contributed by atoms with Crippen molar-refractivity contribution in [2.45, 2.75) is 23.6 Å². The van der Waals surface area contributed by atoms with Crippen LogP contribution < -0.4 is 5.32 Å². The summed E-state index contributed by atoms with van der Waals surface area (Å²) >= 11 is 1.69. The van der Waals surface area contributed by atoms with Crippen LogP contribution in [-0.4, -0.2) is 29.9 Å². The highest BCUT2D eigenvalue weighted by Crippen LogP contribution is 2.23. The maximum Gasteiger partial charge on any atom is 0.251 e. The number of benzene rings is 1. The number of hydrogen-bond acceptors (Lipinski definition) is 5. The summed E-state index contributed by atoms with van der Waals surface area (Å²) in [7, 11) is 0. The molecule has 154 valence electrons. The van der Waals surface area contributed by atoms with E-state index in [9.17, 15) is 4.79 Å². The van der Waals surface area contributed by atoms with Gasteiger partial charge in [-0.3, -0.25) is 9.20 Å². The molecule has 7 nitrogen and oxygen atoms in total. The SMILES string of the molecule is CC(NC(=O)c1ccc(SCc2cn3ccccc3n2)cc1)c1nnc2ccccn12. The summed E-state index contributed by atoms with van der Waals surface area (Å²) in [6.45, 7) is 1.90. The van der Waals surface area contributed by atoms with Gasteiger partial charge in [0.1, 0.15) is 5.65 Å². The molecule has 5 rings (SSSR count). The van der Waals surface area contributed by atoms with Crippen molar-refractivity contribution in [2.24, 2.45) is 0 Å². The van der Waals surface area contributed by atoms with Crippen LogP contribution in [-0.2, 0) is 5.75 Å². The minimum Gasteiger partial charge on any atom is -0.342 e. The molecule has 1 aromatic carbocycles. The van der Waals surface area contributed by atoms with Gasteiger partial charge in [-0.05, 0) is 55.5 Å². The molecule has 4 heterocycles. The number of imidazole rings is 1. The van der Waals surface area contributed by atoms with Gasteiger partial charge in [0.15, 0.2) is 11.5 Å². The molecular weight excluding hydrogens is 408 g/mol. The van der Waals surface area contributed by atoms with E-state index >= 15 is 0 Å². The van der Waals surface area contributed by atoms with Gasteiger partial charge in [-0.15, -0.1) is 22.0 Å². The lowest BCUT2D eigenvalue weighted by Crippen LogP contribution is -2.27. The minimum absolute atomic E-state index is 0.142. The number of thioether (sulfide) groups is 1. The molecule has 4 aromatic heterocycles. The Bertz CT molecular complexity index is 1320. The molecule has 5 aromatic rings. The third-order valence-electron chi connectivity index (χ3n) is 4.99. The zero-order valence-corrected chi connectivity index (χ0v) is 17.7. The zero-order chi connectivity index (χ0) is 21.2. The first-order valence-electron chi connectivity index (χ1n) is 9.93. The Hall–Kier alpha value is -3.65. The van der Waals surface area contributed by atoms with Crippen molar-refractivity contribution in [1.29, 1.82) is 0 Å². The number of nitrogens with one attached hydrogen (secondary N) is 1. The van der Waals surface area contributed by atoms with Crippen molar-refractivity contribution >= 4 is 29.0 Å². The Labute approximate surface area is 183 Å². The van der Waals surface area contributed by atoms with Crippen molar-refractivity contribution in [3.63, 3.8) is 0 Å². The van der Waals surface area contributed by atoms with E-state index in [1.807, 2.05) is 95.0 Å². The van der Waals surface area contributed by atoms with Gasteiger partial charge in [-0.1, -0.05) is 12.1 Å². The maximum absolute atomic E-state index is 12.7. The number of nitrogens with zero attached hydrogens (tertiary/aromatic N) is 5. The normalized spacial score (nSPS) is 12.3. The lowest BCUT2D eigenvalue weighted by molar-refractivity contribution is 0.0938. The standard InChI is InChI=1S/C23H20N6OS/c1-16(22-27-26-21-7-3-5-13-29(21)22)24-23(30)17-8-10-19(11-9-17)31-15-18-14-28-12-4-2-6-20(28)25-18/h2-14,16H,15H2,1H3,(H,24,30). The number of amides is 1. The molecule has 0 bridgehead atoms. The number of fused-ring (bicyclic) bond motifs is 2. The number of aromatic nitrogens is 5. The molecule has 0 saturated carbocycles. The predicted molar refractivity (Wildman–Crippen MR) is 120 cm³/mol. The summed E-state index contributed by atoms with van der Waals surface area (Å²) in [5.74, 6) is 1.32. The molecule has 0 fully saturated rings. The molecule has 31 heavy (non-hydrogen) atoms. The van der Waals surface area contributed by atoms with Crippen LogP contribution in [0.1, 0.15) is 34.8 Å². The topological polar surface area (TPSA) is 76.6 Å². The Morgan fingerprint density at radius 2 is 1.77 bits per heavy atom. The van der Waals surface area contributed by atoms with Crippen molar-refractivity contribution in [3.8, 4) is 0 Å². The molecule has 0 aliphatic carbocycles. The van der Waals surface area contributed by atoms with E-state index in [2.05, 4.69) is 20.5 Å². The molecule has 1 amide bonds. The quantitative estimate of drug-likeness (QED) is 0.411. The van der Waals surface area contributed by atoms with Gasteiger partial charge in [-0.2, -0.15) is 0 Å². The van der Waals surface area contributed by atoms with Gasteiger partial charge in [0.25, 0.3) is 5.91 Å². The fourth-order valence-electron chi connectivity index (χ4n) is 3.42. The van der Waals surface area contributed by atoms with Gasteiger partial charge in [0.05, 0.1) is 11.7 Å². The summed E-state index contributed by atoms with van der Waals surface area (Å²) in [6.07, 6.45) is 5.93. The summed E-state index contributed by atoms with van der Waals surface area (Å²) in [5, 5.41) is 11.4. The second-order valence-electron chi connectivity index (χ2n) is 7.19.